The zero-order valence-electron chi connectivity index (χ0n) is 12.8. The predicted molar refractivity (Wildman–Crippen MR) is 81.8 cm³/mol. The van der Waals surface area contributed by atoms with E-state index in [-0.39, 0.29) is 18.3 Å². The number of amides is 1. The molecule has 0 aromatic heterocycles. The second kappa shape index (κ2) is 8.89. The number of carbonyl (C=O) groups excluding carboxylic acids is 2. The van der Waals surface area contributed by atoms with E-state index in [1.807, 2.05) is 37.3 Å². The molecule has 0 aliphatic rings. The summed E-state index contributed by atoms with van der Waals surface area (Å²) in [4.78, 5) is 23.5. The van der Waals surface area contributed by atoms with Crippen LogP contribution < -0.4 is 5.43 Å². The highest BCUT2D eigenvalue weighted by atomic mass is 16.5. The molecule has 0 aliphatic carbocycles. The number of benzene rings is 1. The fourth-order valence-electron chi connectivity index (χ4n) is 1.92. The van der Waals surface area contributed by atoms with E-state index in [1.54, 1.807) is 13.8 Å². The molecule has 0 fully saturated rings. The molecule has 0 spiro atoms. The first-order valence-electron chi connectivity index (χ1n) is 7.12. The van der Waals surface area contributed by atoms with E-state index in [1.165, 1.54) is 0 Å². The summed E-state index contributed by atoms with van der Waals surface area (Å²) in [6.07, 6.45) is 0.844. The molecule has 0 saturated heterocycles. The maximum atomic E-state index is 11.8. The average Bonchev–Trinajstić information content (AvgIpc) is 2.47. The molecule has 1 rings (SSSR count). The number of carbonyl (C=O) groups is 2. The Balaban J connectivity index is 2.57. The Morgan fingerprint density at radius 3 is 2.48 bits per heavy atom. The summed E-state index contributed by atoms with van der Waals surface area (Å²) in [5.41, 5.74) is 3.95. The summed E-state index contributed by atoms with van der Waals surface area (Å²) in [6, 6.07) is 9.41. The van der Waals surface area contributed by atoms with Crippen molar-refractivity contribution in [2.24, 2.45) is 11.0 Å². The summed E-state index contributed by atoms with van der Waals surface area (Å²) < 4.78 is 4.99. The molecule has 0 radical (unpaired) electrons. The van der Waals surface area contributed by atoms with Crippen LogP contribution >= 0.6 is 0 Å². The number of rotatable bonds is 7. The summed E-state index contributed by atoms with van der Waals surface area (Å²) in [7, 11) is 0. The summed E-state index contributed by atoms with van der Waals surface area (Å²) in [5.74, 6) is -0.931. The van der Waals surface area contributed by atoms with Gasteiger partial charge in [-0.05, 0) is 25.8 Å². The van der Waals surface area contributed by atoms with Crippen molar-refractivity contribution in [2.45, 2.75) is 33.6 Å². The molecule has 1 N–H and O–H groups in total. The Kier molecular flexibility index (Phi) is 7.15. The standard InChI is InChI=1S/C16H22N2O3/c1-4-14(16(20)21-5-2)12(3)17-18-15(19)11-13-9-7-6-8-10-13/h6-10,14H,4-5,11H2,1-3H3,(H,18,19)/t14-/m0/s1. The molecule has 1 atom stereocenters. The number of hydrazone groups is 1. The van der Waals surface area contributed by atoms with Crippen LogP contribution in [0.25, 0.3) is 0 Å². The molecule has 0 saturated carbocycles. The number of hydrogen-bond acceptors (Lipinski definition) is 4. The molecular formula is C16H22N2O3. The van der Waals surface area contributed by atoms with Crippen LogP contribution in [0.1, 0.15) is 32.8 Å². The molecule has 0 unspecified atom stereocenters. The molecule has 114 valence electrons. The van der Waals surface area contributed by atoms with Gasteiger partial charge >= 0.3 is 5.97 Å². The van der Waals surface area contributed by atoms with Crippen molar-refractivity contribution in [1.82, 2.24) is 5.43 Å². The normalized spacial score (nSPS) is 12.6. The lowest BCUT2D eigenvalue weighted by molar-refractivity contribution is -0.145. The molecule has 5 nitrogen and oxygen atoms in total. The second-order valence-electron chi connectivity index (χ2n) is 4.66. The molecule has 0 aliphatic heterocycles. The lowest BCUT2D eigenvalue weighted by Gasteiger charge is -2.13. The second-order valence-corrected chi connectivity index (χ2v) is 4.66. The quantitative estimate of drug-likeness (QED) is 0.476. The molecule has 0 bridgehead atoms. The van der Waals surface area contributed by atoms with Gasteiger partial charge in [0.2, 0.25) is 5.91 Å². The Morgan fingerprint density at radius 1 is 1.24 bits per heavy atom. The monoisotopic (exact) mass is 290 g/mol. The minimum Gasteiger partial charge on any atom is -0.465 e. The molecule has 5 heteroatoms. The Bertz CT molecular complexity index is 498. The molecule has 1 amide bonds. The van der Waals surface area contributed by atoms with Gasteiger partial charge in [0, 0.05) is 5.71 Å². The van der Waals surface area contributed by atoms with E-state index in [2.05, 4.69) is 10.5 Å². The van der Waals surface area contributed by atoms with Crippen LogP contribution in [0, 0.1) is 5.92 Å². The smallest absolute Gasteiger partial charge is 0.314 e. The first-order valence-corrected chi connectivity index (χ1v) is 7.12. The highest BCUT2D eigenvalue weighted by Crippen LogP contribution is 2.08. The van der Waals surface area contributed by atoms with Gasteiger partial charge in [0.25, 0.3) is 0 Å². The summed E-state index contributed by atoms with van der Waals surface area (Å²) in [5, 5.41) is 4.01. The van der Waals surface area contributed by atoms with Gasteiger partial charge in [-0.3, -0.25) is 9.59 Å². The molecule has 1 aromatic carbocycles. The average molecular weight is 290 g/mol. The number of ether oxygens (including phenoxy) is 1. The Hall–Kier alpha value is -2.17. The number of hydrogen-bond donors (Lipinski definition) is 1. The minimum absolute atomic E-state index is 0.209. The Morgan fingerprint density at radius 2 is 1.90 bits per heavy atom. The van der Waals surface area contributed by atoms with Gasteiger partial charge in [-0.25, -0.2) is 5.43 Å². The summed E-state index contributed by atoms with van der Waals surface area (Å²) in [6.45, 7) is 5.70. The maximum absolute atomic E-state index is 11.8. The molecule has 21 heavy (non-hydrogen) atoms. The van der Waals surface area contributed by atoms with Crippen LogP contribution in [0.15, 0.2) is 35.4 Å². The largest absolute Gasteiger partial charge is 0.465 e. The van der Waals surface area contributed by atoms with Gasteiger partial charge < -0.3 is 4.74 Å². The SMILES string of the molecule is CCOC(=O)[C@@H](CC)C(C)=NNC(=O)Cc1ccccc1. The first-order chi connectivity index (χ1) is 10.1. The third-order valence-corrected chi connectivity index (χ3v) is 3.05. The van der Waals surface area contributed by atoms with Crippen molar-refractivity contribution >= 4 is 17.6 Å². The van der Waals surface area contributed by atoms with Gasteiger partial charge in [-0.1, -0.05) is 37.3 Å². The third kappa shape index (κ3) is 5.77. The van der Waals surface area contributed by atoms with E-state index in [0.717, 1.165) is 5.56 Å². The maximum Gasteiger partial charge on any atom is 0.314 e. The zero-order valence-corrected chi connectivity index (χ0v) is 12.8. The number of nitrogens with zero attached hydrogens (tertiary/aromatic N) is 1. The zero-order chi connectivity index (χ0) is 15.7. The van der Waals surface area contributed by atoms with Gasteiger partial charge in [0.1, 0.15) is 0 Å². The van der Waals surface area contributed by atoms with Gasteiger partial charge in [-0.15, -0.1) is 0 Å². The molecule has 1 aromatic rings. The lowest BCUT2D eigenvalue weighted by atomic mass is 10.0. The first kappa shape index (κ1) is 16.9. The lowest BCUT2D eigenvalue weighted by Crippen LogP contribution is -2.28. The molecule has 0 heterocycles. The van der Waals surface area contributed by atoms with E-state index in [4.69, 9.17) is 4.74 Å². The van der Waals surface area contributed by atoms with Crippen molar-refractivity contribution in [1.29, 1.82) is 0 Å². The van der Waals surface area contributed by atoms with Gasteiger partial charge in [-0.2, -0.15) is 5.10 Å². The highest BCUT2D eigenvalue weighted by Gasteiger charge is 2.21. The highest BCUT2D eigenvalue weighted by molar-refractivity contribution is 6.01. The van der Waals surface area contributed by atoms with Crippen molar-refractivity contribution in [3.8, 4) is 0 Å². The van der Waals surface area contributed by atoms with E-state index < -0.39 is 5.92 Å². The minimum atomic E-state index is -0.415. The fraction of sp³-hybridized carbons (Fsp3) is 0.438. The van der Waals surface area contributed by atoms with E-state index in [9.17, 15) is 9.59 Å². The van der Waals surface area contributed by atoms with Gasteiger partial charge in [0.05, 0.1) is 18.9 Å². The third-order valence-electron chi connectivity index (χ3n) is 3.05. The van der Waals surface area contributed by atoms with Gasteiger partial charge in [0.15, 0.2) is 0 Å². The van der Waals surface area contributed by atoms with Crippen LogP contribution in [-0.4, -0.2) is 24.2 Å². The van der Waals surface area contributed by atoms with Crippen molar-refractivity contribution < 1.29 is 14.3 Å². The van der Waals surface area contributed by atoms with E-state index in [0.29, 0.717) is 18.7 Å². The van der Waals surface area contributed by atoms with Crippen LogP contribution in [0.4, 0.5) is 0 Å². The van der Waals surface area contributed by atoms with Crippen molar-refractivity contribution in [3.63, 3.8) is 0 Å². The summed E-state index contributed by atoms with van der Waals surface area (Å²) >= 11 is 0. The molecular weight excluding hydrogens is 268 g/mol. The van der Waals surface area contributed by atoms with Crippen LogP contribution in [0.3, 0.4) is 0 Å². The fourth-order valence-corrected chi connectivity index (χ4v) is 1.92. The number of esters is 1. The topological polar surface area (TPSA) is 67.8 Å². The van der Waals surface area contributed by atoms with Crippen LogP contribution in [0.2, 0.25) is 0 Å². The van der Waals surface area contributed by atoms with Crippen LogP contribution in [-0.2, 0) is 20.7 Å². The Labute approximate surface area is 125 Å². The van der Waals surface area contributed by atoms with Crippen molar-refractivity contribution in [3.05, 3.63) is 35.9 Å². The predicted octanol–water partition coefficient (Wildman–Crippen LogP) is 2.31. The van der Waals surface area contributed by atoms with Crippen molar-refractivity contribution in [2.75, 3.05) is 6.61 Å². The number of nitrogens with one attached hydrogen (secondary N) is 1. The van der Waals surface area contributed by atoms with Crippen LogP contribution in [0.5, 0.6) is 0 Å². The van der Waals surface area contributed by atoms with E-state index >= 15 is 0 Å².